The van der Waals surface area contributed by atoms with E-state index in [-0.39, 0.29) is 89.9 Å². The van der Waals surface area contributed by atoms with Gasteiger partial charge in [0, 0.05) is 68.9 Å². The number of aromatic hydroxyl groups is 1. The molecule has 448 valence electrons. The van der Waals surface area contributed by atoms with Crippen LogP contribution in [0.1, 0.15) is 115 Å². The van der Waals surface area contributed by atoms with Gasteiger partial charge in [-0.15, -0.1) is 11.3 Å². The smallest absolute Gasteiger partial charge is 0.410 e. The Morgan fingerprint density at radius 1 is 0.953 bits per heavy atom. The number of carbonyl (C=O) groups is 3. The highest BCUT2D eigenvalue weighted by atomic mass is 32.1. The van der Waals surface area contributed by atoms with Crippen LogP contribution in [0.2, 0.25) is 0 Å². The second-order valence-corrected chi connectivity index (χ2v) is 26.3. The Bertz CT molecular complexity index is 3630. The Morgan fingerprint density at radius 3 is 2.38 bits per heavy atom. The maximum absolute atomic E-state index is 17.4. The molecule has 5 saturated heterocycles. The van der Waals surface area contributed by atoms with E-state index in [4.69, 9.17) is 28.9 Å². The molecule has 21 heteroatoms. The zero-order valence-electron chi connectivity index (χ0n) is 49.7. The van der Waals surface area contributed by atoms with Gasteiger partial charge in [-0.2, -0.15) is 9.97 Å². The fraction of sp³-hybridized carbons (Fsp3) is 0.500. The third kappa shape index (κ3) is 11.5. The quantitative estimate of drug-likeness (QED) is 0.0871. The average molecular weight is 1180 g/mol. The monoisotopic (exact) mass is 1180 g/mol. The summed E-state index contributed by atoms with van der Waals surface area (Å²) in [5.41, 5.74) is 5.83. The van der Waals surface area contributed by atoms with E-state index in [1.54, 1.807) is 29.7 Å². The highest BCUT2D eigenvalue weighted by molar-refractivity contribution is 7.13. The van der Waals surface area contributed by atoms with Crippen molar-refractivity contribution < 1.29 is 43.0 Å². The lowest BCUT2D eigenvalue weighted by atomic mass is 9.72. The van der Waals surface area contributed by atoms with E-state index in [9.17, 15) is 24.6 Å². The number of nitrogens with zero attached hydrogens (tertiary/aromatic N) is 10. The van der Waals surface area contributed by atoms with E-state index in [1.165, 1.54) is 4.90 Å². The molecule has 9 heterocycles. The Labute approximate surface area is 498 Å². The van der Waals surface area contributed by atoms with Gasteiger partial charge >= 0.3 is 12.1 Å². The van der Waals surface area contributed by atoms with Crippen LogP contribution in [-0.4, -0.2) is 157 Å². The Balaban J connectivity index is 0.690. The number of β-amino-alcohol motifs (C(OH)–C–C–N with tert-alkyl or cyclic N) is 1. The third-order valence-electron chi connectivity index (χ3n) is 18.0. The standard InChI is InChI=1S/C64H76FN11O8S/c1-9-39-11-10-12-42-25-45(77)26-47(53(39)42)55-54(65)56-48(29-66-55)58(73-30-43-17-18-44(31-73)76(43)62(81)83-63(6,7)8)70-61(69-56)82-24-23-72-21-19-64(20-22-72)33-74(34-64)51-28-50(84-71-51)52(36(2)3)60(80)75-32-46(78)27-49(75)59(79)68-37(4)40-13-15-41(16-14-40)57-38(5)67-35-85-57/h10-16,25-26,28-29,35-37,43-44,46,49,52,77-78H,9,17-24,27,30-34H2,1-8H3,(H,68,79)/t37-,43?,44?,46+,49-,52+/m0/s1. The number of benzene rings is 3. The number of aryl methyl sites for hydroxylation is 2. The third-order valence-corrected chi connectivity index (χ3v) is 19.0. The first-order valence-electron chi connectivity index (χ1n) is 30.0. The number of halogens is 1. The lowest BCUT2D eigenvalue weighted by Gasteiger charge is -2.54. The Hall–Kier alpha value is -7.49. The minimum absolute atomic E-state index is 0.00178. The summed E-state index contributed by atoms with van der Waals surface area (Å²) in [7, 11) is 0. The number of aromatic nitrogens is 5. The number of thiazole rings is 1. The van der Waals surface area contributed by atoms with E-state index in [0.29, 0.717) is 54.4 Å². The molecule has 2 unspecified atom stereocenters. The molecule has 5 fully saturated rings. The van der Waals surface area contributed by atoms with Crippen LogP contribution < -0.4 is 19.9 Å². The maximum atomic E-state index is 17.4. The SMILES string of the molecule is CCc1cccc2cc(O)cc(-c3ncc4c(N5CC6CCC(C5)N6C(=O)OC(C)(C)C)nc(OCCN5CCC6(CC5)CN(c5cc([C@H](C(=O)N7C[C@H](O)C[C@H]7C(=O)N[C@@H](C)c7ccc(-c8scnc8C)cc7)C(C)C)on5)C6)nc4c3F)c12. The van der Waals surface area contributed by atoms with Gasteiger partial charge in [-0.3, -0.25) is 24.4 Å². The minimum Gasteiger partial charge on any atom is -0.508 e. The topological polar surface area (TPSA) is 216 Å². The number of anilines is 2. The number of likely N-dealkylation sites (tertiary alicyclic amines) is 2. The van der Waals surface area contributed by atoms with Gasteiger partial charge in [0.25, 0.3) is 0 Å². The van der Waals surface area contributed by atoms with Crippen molar-refractivity contribution in [1.82, 2.24) is 45.1 Å². The first-order valence-corrected chi connectivity index (χ1v) is 30.8. The second kappa shape index (κ2) is 23.1. The number of phenolic OH excluding ortho intramolecular Hbond substituents is 1. The summed E-state index contributed by atoms with van der Waals surface area (Å²) in [5.74, 6) is -0.535. The highest BCUT2D eigenvalue weighted by Gasteiger charge is 2.48. The predicted octanol–water partition coefficient (Wildman–Crippen LogP) is 9.82. The van der Waals surface area contributed by atoms with Gasteiger partial charge in [-0.05, 0) is 125 Å². The number of hydrogen-bond acceptors (Lipinski definition) is 17. The van der Waals surface area contributed by atoms with Crippen LogP contribution in [-0.2, 0) is 20.7 Å². The van der Waals surface area contributed by atoms with Gasteiger partial charge < -0.3 is 44.2 Å². The molecular weight excluding hydrogens is 1100 g/mol. The number of ether oxygens (including phenoxy) is 2. The molecule has 0 aliphatic carbocycles. The molecule has 3 N–H and O–H groups in total. The number of pyridine rings is 1. The van der Waals surface area contributed by atoms with Gasteiger partial charge in [0.2, 0.25) is 11.8 Å². The Kier molecular flexibility index (Phi) is 15.7. The molecule has 5 aliphatic rings. The van der Waals surface area contributed by atoms with E-state index in [0.717, 1.165) is 89.9 Å². The molecule has 0 radical (unpaired) electrons. The summed E-state index contributed by atoms with van der Waals surface area (Å²) in [6.07, 6.45) is 4.79. The molecule has 1 spiro atoms. The van der Waals surface area contributed by atoms with Gasteiger partial charge in [0.1, 0.15) is 46.9 Å². The van der Waals surface area contributed by atoms with E-state index in [1.807, 2.05) is 114 Å². The van der Waals surface area contributed by atoms with E-state index < -0.39 is 29.5 Å². The minimum atomic E-state index is -0.841. The lowest BCUT2D eigenvalue weighted by molar-refractivity contribution is -0.141. The van der Waals surface area contributed by atoms with Crippen molar-refractivity contribution in [2.24, 2.45) is 11.3 Å². The van der Waals surface area contributed by atoms with Crippen molar-refractivity contribution in [1.29, 1.82) is 0 Å². The van der Waals surface area contributed by atoms with Crippen LogP contribution in [0.5, 0.6) is 11.8 Å². The zero-order chi connectivity index (χ0) is 59.6. The second-order valence-electron chi connectivity index (χ2n) is 25.4. The van der Waals surface area contributed by atoms with Crippen LogP contribution in [0.15, 0.2) is 76.9 Å². The van der Waals surface area contributed by atoms with Crippen LogP contribution in [0, 0.1) is 24.1 Å². The number of amides is 3. The van der Waals surface area contributed by atoms with Crippen molar-refractivity contribution in [3.63, 3.8) is 0 Å². The molecule has 4 aromatic heterocycles. The van der Waals surface area contributed by atoms with Gasteiger partial charge in [-0.1, -0.05) is 68.4 Å². The van der Waals surface area contributed by atoms with Crippen molar-refractivity contribution in [2.75, 3.05) is 68.8 Å². The van der Waals surface area contributed by atoms with Crippen molar-refractivity contribution in [3.05, 3.63) is 101 Å². The number of fused-ring (bicyclic) bond motifs is 4. The normalized spacial score (nSPS) is 21.3. The molecule has 19 nitrogen and oxygen atoms in total. The number of piperazine rings is 1. The molecule has 0 saturated carbocycles. The van der Waals surface area contributed by atoms with Crippen LogP contribution >= 0.6 is 11.3 Å². The molecular formula is C64H76FN11O8S. The fourth-order valence-electron chi connectivity index (χ4n) is 13.6. The molecule has 12 rings (SSSR count). The van der Waals surface area contributed by atoms with Crippen LogP contribution in [0.4, 0.5) is 20.8 Å². The number of phenols is 1. The molecule has 3 amide bonds. The van der Waals surface area contributed by atoms with Gasteiger partial charge in [-0.25, -0.2) is 14.2 Å². The largest absolute Gasteiger partial charge is 0.508 e. The van der Waals surface area contributed by atoms with E-state index in [2.05, 4.69) is 30.2 Å². The number of aliphatic hydroxyl groups excluding tert-OH is 1. The highest BCUT2D eigenvalue weighted by Crippen LogP contribution is 2.45. The fourth-order valence-corrected chi connectivity index (χ4v) is 14.4. The number of carbonyl (C=O) groups excluding carboxylic acids is 3. The number of piperidine rings is 1. The zero-order valence-corrected chi connectivity index (χ0v) is 50.5. The summed E-state index contributed by atoms with van der Waals surface area (Å²) >= 11 is 1.59. The number of hydrogen-bond donors (Lipinski definition) is 3. The van der Waals surface area contributed by atoms with Crippen molar-refractivity contribution in [2.45, 2.75) is 136 Å². The summed E-state index contributed by atoms with van der Waals surface area (Å²) in [6, 6.07) is 17.6. The number of aliphatic hydroxyl groups is 1. The van der Waals surface area contributed by atoms with Crippen molar-refractivity contribution in [3.8, 4) is 33.5 Å². The maximum Gasteiger partial charge on any atom is 0.410 e. The molecule has 3 aromatic carbocycles. The first-order chi connectivity index (χ1) is 40.7. The predicted molar refractivity (Wildman–Crippen MR) is 323 cm³/mol. The summed E-state index contributed by atoms with van der Waals surface area (Å²) in [4.78, 5) is 71.8. The average Bonchev–Trinajstić information content (AvgIpc) is 3.82. The summed E-state index contributed by atoms with van der Waals surface area (Å²) < 4.78 is 35.6. The molecule has 5 aliphatic heterocycles. The first kappa shape index (κ1) is 57.9. The van der Waals surface area contributed by atoms with Gasteiger partial charge in [0.15, 0.2) is 17.4 Å². The van der Waals surface area contributed by atoms with E-state index >= 15 is 4.39 Å². The molecule has 6 atom stereocenters. The number of nitrogens with one attached hydrogen (secondary N) is 1. The van der Waals surface area contributed by atoms with Crippen molar-refractivity contribution >= 4 is 62.6 Å². The number of rotatable bonds is 15. The summed E-state index contributed by atoms with van der Waals surface area (Å²) in [5, 5.41) is 31.3. The summed E-state index contributed by atoms with van der Waals surface area (Å²) in [6.45, 7) is 20.5. The lowest BCUT2D eigenvalue weighted by Crippen LogP contribution is -2.60. The Morgan fingerprint density at radius 2 is 1.69 bits per heavy atom. The van der Waals surface area contributed by atoms with Crippen LogP contribution in [0.25, 0.3) is 43.4 Å². The molecule has 85 heavy (non-hydrogen) atoms. The molecule has 2 bridgehead atoms. The molecule has 7 aromatic rings. The van der Waals surface area contributed by atoms with Gasteiger partial charge in [0.05, 0.1) is 45.7 Å². The van der Waals surface area contributed by atoms with Crippen LogP contribution in [0.3, 0.4) is 0 Å².